The molecule has 2 aromatic rings. The fourth-order valence-electron chi connectivity index (χ4n) is 3.99. The maximum atomic E-state index is 12.7. The molecule has 1 N–H and O–H groups in total. The zero-order valence-corrected chi connectivity index (χ0v) is 17.0. The molecule has 6 nitrogen and oxygen atoms in total. The Morgan fingerprint density at radius 1 is 1.25 bits per heavy atom. The maximum Gasteiger partial charge on any atom is 0.408 e. The van der Waals surface area contributed by atoms with Crippen LogP contribution in [-0.4, -0.2) is 34.5 Å². The van der Waals surface area contributed by atoms with Crippen molar-refractivity contribution in [3.63, 3.8) is 0 Å². The van der Waals surface area contributed by atoms with Crippen molar-refractivity contribution < 1.29 is 19.1 Å². The van der Waals surface area contributed by atoms with E-state index in [1.165, 1.54) is 0 Å². The molecule has 0 radical (unpaired) electrons. The van der Waals surface area contributed by atoms with Gasteiger partial charge in [0.2, 0.25) is 5.91 Å². The molecule has 0 saturated carbocycles. The third kappa shape index (κ3) is 3.96. The van der Waals surface area contributed by atoms with Gasteiger partial charge < -0.3 is 10.1 Å². The first-order valence-electron chi connectivity index (χ1n) is 9.78. The molecule has 3 rings (SSSR count). The van der Waals surface area contributed by atoms with Gasteiger partial charge in [0.1, 0.15) is 5.60 Å². The van der Waals surface area contributed by atoms with Crippen molar-refractivity contribution in [2.45, 2.75) is 64.4 Å². The number of hydrogen-bond donors (Lipinski definition) is 1. The minimum atomic E-state index is -0.609. The van der Waals surface area contributed by atoms with Crippen LogP contribution in [-0.2, 0) is 14.9 Å². The van der Waals surface area contributed by atoms with Crippen LogP contribution in [0.1, 0.15) is 63.9 Å². The first-order chi connectivity index (χ1) is 13.1. The number of benzene rings is 1. The number of alkyl carbamates (subject to hydrolysis) is 1. The molecule has 1 aromatic heterocycles. The van der Waals surface area contributed by atoms with Crippen molar-refractivity contribution >= 4 is 28.7 Å². The van der Waals surface area contributed by atoms with Crippen LogP contribution in [0.4, 0.5) is 4.79 Å². The Balaban J connectivity index is 1.81. The molecule has 28 heavy (non-hydrogen) atoms. The van der Waals surface area contributed by atoms with Gasteiger partial charge in [-0.1, -0.05) is 25.1 Å². The Morgan fingerprint density at radius 2 is 1.96 bits per heavy atom. The van der Waals surface area contributed by atoms with Gasteiger partial charge in [-0.3, -0.25) is 14.2 Å². The van der Waals surface area contributed by atoms with E-state index < -0.39 is 17.1 Å². The second-order valence-corrected chi connectivity index (χ2v) is 8.52. The zero-order valence-electron chi connectivity index (χ0n) is 17.0. The molecule has 6 heteroatoms. The van der Waals surface area contributed by atoms with Gasteiger partial charge in [-0.15, -0.1) is 0 Å². The average Bonchev–Trinajstić information content (AvgIpc) is 3.02. The van der Waals surface area contributed by atoms with E-state index in [1.54, 1.807) is 25.3 Å². The van der Waals surface area contributed by atoms with Crippen LogP contribution in [0.2, 0.25) is 0 Å². The molecule has 1 aliphatic heterocycles. The van der Waals surface area contributed by atoms with E-state index in [4.69, 9.17) is 4.74 Å². The second kappa shape index (κ2) is 7.41. The lowest BCUT2D eigenvalue weighted by molar-refractivity contribution is -0.119. The summed E-state index contributed by atoms with van der Waals surface area (Å²) in [4.78, 5) is 37.1. The fourth-order valence-corrected chi connectivity index (χ4v) is 3.99. The minimum Gasteiger partial charge on any atom is -0.444 e. The number of nitrogens with zero attached hydrogens (tertiary/aromatic N) is 1. The highest BCUT2D eigenvalue weighted by atomic mass is 16.6. The number of amides is 1. The van der Waals surface area contributed by atoms with Gasteiger partial charge in [-0.05, 0) is 45.7 Å². The third-order valence-corrected chi connectivity index (χ3v) is 5.36. The van der Waals surface area contributed by atoms with E-state index in [1.807, 2.05) is 37.3 Å². The Kier molecular flexibility index (Phi) is 5.33. The maximum absolute atomic E-state index is 12.7. The second-order valence-electron chi connectivity index (χ2n) is 8.52. The lowest BCUT2D eigenvalue weighted by Crippen LogP contribution is -2.41. The number of carbonyl (C=O) groups excluding carboxylic acids is 3. The van der Waals surface area contributed by atoms with E-state index >= 15 is 0 Å². The summed E-state index contributed by atoms with van der Waals surface area (Å²) in [5.74, 6) is -0.00142. The summed E-state index contributed by atoms with van der Waals surface area (Å²) >= 11 is 0. The number of para-hydroxylation sites is 1. The molecule has 150 valence electrons. The molecule has 0 saturated heterocycles. The van der Waals surface area contributed by atoms with E-state index in [-0.39, 0.29) is 24.7 Å². The third-order valence-electron chi connectivity index (χ3n) is 5.36. The number of fused-ring (bicyclic) bond motifs is 3. The smallest absolute Gasteiger partial charge is 0.408 e. The van der Waals surface area contributed by atoms with Gasteiger partial charge in [-0.25, -0.2) is 4.79 Å². The highest BCUT2D eigenvalue weighted by Gasteiger charge is 2.41. The van der Waals surface area contributed by atoms with Crippen LogP contribution < -0.4 is 5.32 Å². The molecule has 0 fully saturated rings. The highest BCUT2D eigenvalue weighted by Crippen LogP contribution is 2.42. The van der Waals surface area contributed by atoms with Crippen LogP contribution in [0.3, 0.4) is 0 Å². The molecule has 1 aliphatic rings. The van der Waals surface area contributed by atoms with Crippen molar-refractivity contribution in [1.82, 2.24) is 9.88 Å². The number of rotatable bonds is 5. The summed E-state index contributed by atoms with van der Waals surface area (Å²) in [6, 6.07) is 9.82. The molecule has 1 unspecified atom stereocenters. The number of hydrogen-bond acceptors (Lipinski definition) is 4. The molecule has 0 bridgehead atoms. The van der Waals surface area contributed by atoms with Crippen LogP contribution in [0.15, 0.2) is 30.3 Å². The first kappa shape index (κ1) is 20.1. The van der Waals surface area contributed by atoms with Gasteiger partial charge in [0.15, 0.2) is 5.78 Å². The van der Waals surface area contributed by atoms with E-state index in [9.17, 15) is 14.4 Å². The molecule has 1 aromatic carbocycles. The van der Waals surface area contributed by atoms with Crippen molar-refractivity contribution in [2.24, 2.45) is 0 Å². The van der Waals surface area contributed by atoms with Gasteiger partial charge in [-0.2, -0.15) is 0 Å². The van der Waals surface area contributed by atoms with Crippen molar-refractivity contribution in [1.29, 1.82) is 0 Å². The highest BCUT2D eigenvalue weighted by molar-refractivity contribution is 5.96. The predicted molar refractivity (Wildman–Crippen MR) is 108 cm³/mol. The van der Waals surface area contributed by atoms with Crippen LogP contribution in [0.25, 0.3) is 10.9 Å². The minimum absolute atomic E-state index is 0.0691. The Bertz CT molecular complexity index is 922. The van der Waals surface area contributed by atoms with Crippen LogP contribution >= 0.6 is 0 Å². The first-order valence-corrected chi connectivity index (χ1v) is 9.78. The quantitative estimate of drug-likeness (QED) is 0.838. The van der Waals surface area contributed by atoms with Crippen molar-refractivity contribution in [3.8, 4) is 0 Å². The van der Waals surface area contributed by atoms with Gasteiger partial charge in [0.25, 0.3) is 0 Å². The van der Waals surface area contributed by atoms with Gasteiger partial charge in [0, 0.05) is 29.3 Å². The Hall–Kier alpha value is -2.63. The monoisotopic (exact) mass is 384 g/mol. The molecule has 1 amide bonds. The summed E-state index contributed by atoms with van der Waals surface area (Å²) in [6.07, 6.45) is 1.47. The van der Waals surface area contributed by atoms with Crippen LogP contribution in [0, 0.1) is 0 Å². The number of nitrogens with one attached hydrogen (secondary N) is 1. The number of ketones is 1. The number of aromatic nitrogens is 1. The lowest BCUT2D eigenvalue weighted by atomic mass is 9.72. The normalized spacial score (nSPS) is 19.4. The molecular weight excluding hydrogens is 356 g/mol. The van der Waals surface area contributed by atoms with E-state index in [0.29, 0.717) is 12.8 Å². The van der Waals surface area contributed by atoms with E-state index in [0.717, 1.165) is 23.0 Å². The molecular formula is C22H28N2O4. The molecule has 1 atom stereocenters. The topological polar surface area (TPSA) is 77.4 Å². The molecule has 0 spiro atoms. The fraction of sp³-hybridized carbons (Fsp3) is 0.500. The summed E-state index contributed by atoms with van der Waals surface area (Å²) < 4.78 is 6.96. The van der Waals surface area contributed by atoms with Crippen molar-refractivity contribution in [3.05, 3.63) is 36.0 Å². The number of Topliss-reactive ketones (excluding diaryl/α,β-unsaturated/α-hetero) is 1. The molecule has 2 heterocycles. The average molecular weight is 384 g/mol. The summed E-state index contributed by atoms with van der Waals surface area (Å²) in [5, 5.41) is 3.55. The Labute approximate surface area is 165 Å². The lowest BCUT2D eigenvalue weighted by Gasteiger charge is -2.37. The standard InChI is InChI=1S/C22H28N2O4/c1-5-22(13-16(25)14-23-20(27)28-21(2,3)4)11-10-19(26)24-17-9-7-6-8-15(17)12-18(22)24/h6-9,12H,5,10-11,13-14H2,1-4H3,(H,23,27). The zero-order chi connectivity index (χ0) is 20.5. The number of ether oxygens (including phenoxy) is 1. The van der Waals surface area contributed by atoms with Crippen molar-refractivity contribution in [2.75, 3.05) is 6.54 Å². The van der Waals surface area contributed by atoms with Gasteiger partial charge in [0.05, 0.1) is 12.1 Å². The summed E-state index contributed by atoms with van der Waals surface area (Å²) in [5.41, 5.74) is 0.777. The number of carbonyl (C=O) groups is 3. The van der Waals surface area contributed by atoms with Gasteiger partial charge >= 0.3 is 6.09 Å². The largest absolute Gasteiger partial charge is 0.444 e. The predicted octanol–water partition coefficient (Wildman–Crippen LogP) is 4.21. The van der Waals surface area contributed by atoms with E-state index in [2.05, 4.69) is 5.32 Å². The molecule has 0 aliphatic carbocycles. The van der Waals surface area contributed by atoms with Crippen LogP contribution in [0.5, 0.6) is 0 Å². The SMILES string of the molecule is CCC1(CC(=O)CNC(=O)OC(C)(C)C)CCC(=O)n2c1cc1ccccc12. The summed E-state index contributed by atoms with van der Waals surface area (Å²) in [6.45, 7) is 7.30. The summed E-state index contributed by atoms with van der Waals surface area (Å²) in [7, 11) is 0. The Morgan fingerprint density at radius 3 is 2.64 bits per heavy atom.